The normalized spacial score (nSPS) is 13.5. The number of carbonyl (C=O) groups excluding carboxylic acids is 1. The number of H-pyrrole nitrogens is 2. The molecular formula is C18H18F2N4O2. The minimum absolute atomic E-state index is 0.275. The molecule has 1 amide bonds. The molecule has 0 saturated carbocycles. The lowest BCUT2D eigenvalue weighted by molar-refractivity contribution is -0.117. The number of aromatic amines is 2. The maximum absolute atomic E-state index is 13.8. The van der Waals surface area contributed by atoms with E-state index in [1.807, 2.05) is 0 Å². The van der Waals surface area contributed by atoms with Gasteiger partial charge in [0.15, 0.2) is 0 Å². The van der Waals surface area contributed by atoms with Gasteiger partial charge in [0.05, 0.1) is 17.1 Å². The Morgan fingerprint density at radius 3 is 2.50 bits per heavy atom. The third-order valence-corrected chi connectivity index (χ3v) is 4.11. The van der Waals surface area contributed by atoms with E-state index >= 15 is 0 Å². The Bertz CT molecular complexity index is 1010. The third-order valence-electron chi connectivity index (χ3n) is 4.11. The molecule has 136 valence electrons. The summed E-state index contributed by atoms with van der Waals surface area (Å²) in [7, 11) is 0. The van der Waals surface area contributed by atoms with Crippen molar-refractivity contribution >= 4 is 22.6 Å². The number of imidazole rings is 1. The van der Waals surface area contributed by atoms with E-state index in [2.05, 4.69) is 20.6 Å². The third kappa shape index (κ3) is 3.80. The molecule has 0 unspecified atom stereocenters. The first kappa shape index (κ1) is 17.8. The summed E-state index contributed by atoms with van der Waals surface area (Å²) in [5, 5.41) is 5.71. The van der Waals surface area contributed by atoms with Crippen LogP contribution in [0.1, 0.15) is 25.5 Å². The Hall–Kier alpha value is -3.00. The van der Waals surface area contributed by atoms with Crippen LogP contribution in [0.4, 0.5) is 14.5 Å². The second-order valence-corrected chi connectivity index (χ2v) is 6.10. The monoisotopic (exact) mass is 360 g/mol. The number of nitrogens with one attached hydrogen (secondary N) is 4. The summed E-state index contributed by atoms with van der Waals surface area (Å²) in [5.41, 5.74) is 1.69. The molecule has 2 atom stereocenters. The van der Waals surface area contributed by atoms with Crippen molar-refractivity contribution in [2.75, 3.05) is 5.32 Å². The number of rotatable bonds is 5. The molecular weight excluding hydrogens is 342 g/mol. The maximum Gasteiger partial charge on any atom is 0.323 e. The second-order valence-electron chi connectivity index (χ2n) is 6.10. The highest BCUT2D eigenvalue weighted by Crippen LogP contribution is 2.19. The second kappa shape index (κ2) is 7.09. The lowest BCUT2D eigenvalue weighted by Gasteiger charge is -2.20. The molecule has 0 aliphatic heterocycles. The van der Waals surface area contributed by atoms with Gasteiger partial charge in [-0.25, -0.2) is 13.6 Å². The summed E-state index contributed by atoms with van der Waals surface area (Å²) < 4.78 is 26.8. The molecule has 0 radical (unpaired) electrons. The number of hydrogen-bond donors (Lipinski definition) is 4. The molecule has 6 nitrogen and oxygen atoms in total. The minimum atomic E-state index is -0.667. The summed E-state index contributed by atoms with van der Waals surface area (Å²) in [4.78, 5) is 28.9. The van der Waals surface area contributed by atoms with Gasteiger partial charge in [0, 0.05) is 23.4 Å². The number of halogens is 2. The molecule has 8 heteroatoms. The summed E-state index contributed by atoms with van der Waals surface area (Å²) in [6.07, 6.45) is 0. The van der Waals surface area contributed by atoms with E-state index in [1.54, 1.807) is 32.0 Å². The van der Waals surface area contributed by atoms with Crippen LogP contribution in [0.3, 0.4) is 0 Å². The van der Waals surface area contributed by atoms with Gasteiger partial charge >= 0.3 is 5.69 Å². The standard InChI is InChI=1S/C18H18F2N4O2/c1-9(13-5-3-11(19)7-14(13)20)21-10(2)17(25)22-12-4-6-15-16(8-12)24-18(26)23-15/h3-10,21H,1-2H3,(H,22,25)(H2,23,24,26)/t9-,10+/m0/s1. The number of fused-ring (bicyclic) bond motifs is 1. The van der Waals surface area contributed by atoms with Gasteiger partial charge in [0.2, 0.25) is 5.91 Å². The fraction of sp³-hybridized carbons (Fsp3) is 0.222. The van der Waals surface area contributed by atoms with Crippen molar-refractivity contribution in [1.82, 2.24) is 15.3 Å². The Kier molecular flexibility index (Phi) is 4.85. The lowest BCUT2D eigenvalue weighted by atomic mass is 10.1. The van der Waals surface area contributed by atoms with Crippen LogP contribution in [-0.4, -0.2) is 21.9 Å². The first-order valence-corrected chi connectivity index (χ1v) is 8.07. The van der Waals surface area contributed by atoms with Crippen LogP contribution in [0.2, 0.25) is 0 Å². The highest BCUT2D eigenvalue weighted by atomic mass is 19.1. The van der Waals surface area contributed by atoms with E-state index in [9.17, 15) is 18.4 Å². The molecule has 0 fully saturated rings. The van der Waals surface area contributed by atoms with Crippen molar-refractivity contribution < 1.29 is 13.6 Å². The van der Waals surface area contributed by atoms with Gasteiger partial charge in [-0.05, 0) is 38.1 Å². The quantitative estimate of drug-likeness (QED) is 0.564. The average Bonchev–Trinajstić information content (AvgIpc) is 2.93. The van der Waals surface area contributed by atoms with Crippen LogP contribution in [0, 0.1) is 11.6 Å². The molecule has 1 heterocycles. The predicted octanol–water partition coefficient (Wildman–Crippen LogP) is 2.81. The van der Waals surface area contributed by atoms with E-state index in [-0.39, 0.29) is 17.2 Å². The lowest BCUT2D eigenvalue weighted by Crippen LogP contribution is -2.39. The number of amides is 1. The largest absolute Gasteiger partial charge is 0.325 e. The summed E-state index contributed by atoms with van der Waals surface area (Å²) in [5.74, 6) is -1.64. The maximum atomic E-state index is 13.8. The molecule has 1 aromatic heterocycles. The zero-order chi connectivity index (χ0) is 18.8. The fourth-order valence-corrected chi connectivity index (χ4v) is 2.75. The van der Waals surface area contributed by atoms with Gasteiger partial charge in [-0.3, -0.25) is 10.1 Å². The zero-order valence-electron chi connectivity index (χ0n) is 14.2. The van der Waals surface area contributed by atoms with E-state index < -0.39 is 23.7 Å². The molecule has 26 heavy (non-hydrogen) atoms. The van der Waals surface area contributed by atoms with Crippen molar-refractivity contribution in [3.63, 3.8) is 0 Å². The molecule has 0 bridgehead atoms. The van der Waals surface area contributed by atoms with Crippen LogP contribution in [0.25, 0.3) is 11.0 Å². The van der Waals surface area contributed by atoms with Crippen molar-refractivity contribution in [3.05, 3.63) is 64.1 Å². The van der Waals surface area contributed by atoms with Gasteiger partial charge in [-0.15, -0.1) is 0 Å². The first-order valence-electron chi connectivity index (χ1n) is 8.07. The highest BCUT2D eigenvalue weighted by Gasteiger charge is 2.19. The molecule has 3 aromatic rings. The minimum Gasteiger partial charge on any atom is -0.325 e. The molecule has 3 rings (SSSR count). The number of anilines is 1. The van der Waals surface area contributed by atoms with Crippen LogP contribution >= 0.6 is 0 Å². The first-order chi connectivity index (χ1) is 12.3. The Balaban J connectivity index is 1.67. The number of carbonyl (C=O) groups is 1. The van der Waals surface area contributed by atoms with Gasteiger partial charge in [0.1, 0.15) is 11.6 Å². The number of hydrogen-bond acceptors (Lipinski definition) is 3. The average molecular weight is 360 g/mol. The van der Waals surface area contributed by atoms with E-state index in [4.69, 9.17) is 0 Å². The van der Waals surface area contributed by atoms with Gasteiger partial charge in [-0.2, -0.15) is 0 Å². The Morgan fingerprint density at radius 1 is 1.04 bits per heavy atom. The van der Waals surface area contributed by atoms with Gasteiger partial charge < -0.3 is 15.3 Å². The number of benzene rings is 2. The molecule has 0 aliphatic carbocycles. The molecule has 0 saturated heterocycles. The zero-order valence-corrected chi connectivity index (χ0v) is 14.2. The highest BCUT2D eigenvalue weighted by molar-refractivity contribution is 5.96. The summed E-state index contributed by atoms with van der Waals surface area (Å²) in [6.45, 7) is 3.33. The van der Waals surface area contributed by atoms with Crippen molar-refractivity contribution in [2.24, 2.45) is 0 Å². The van der Waals surface area contributed by atoms with Crippen molar-refractivity contribution in [3.8, 4) is 0 Å². The number of aromatic nitrogens is 2. The van der Waals surface area contributed by atoms with Crippen LogP contribution in [0.5, 0.6) is 0 Å². The Labute approximate surface area is 147 Å². The van der Waals surface area contributed by atoms with Gasteiger partial charge in [-0.1, -0.05) is 6.07 Å². The Morgan fingerprint density at radius 2 is 1.77 bits per heavy atom. The SMILES string of the molecule is C[C@H](N[C@H](C)C(=O)Nc1ccc2[nH]c(=O)[nH]c2c1)c1ccc(F)cc1F. The van der Waals surface area contributed by atoms with Crippen molar-refractivity contribution in [1.29, 1.82) is 0 Å². The van der Waals surface area contributed by atoms with Crippen LogP contribution < -0.4 is 16.3 Å². The van der Waals surface area contributed by atoms with Crippen LogP contribution in [-0.2, 0) is 4.79 Å². The van der Waals surface area contributed by atoms with E-state index in [0.717, 1.165) is 6.07 Å². The predicted molar refractivity (Wildman–Crippen MR) is 94.9 cm³/mol. The molecule has 2 aromatic carbocycles. The molecule has 0 spiro atoms. The van der Waals surface area contributed by atoms with Gasteiger partial charge in [0.25, 0.3) is 0 Å². The van der Waals surface area contributed by atoms with E-state index in [1.165, 1.54) is 12.1 Å². The smallest absolute Gasteiger partial charge is 0.323 e. The van der Waals surface area contributed by atoms with Crippen LogP contribution in [0.15, 0.2) is 41.2 Å². The van der Waals surface area contributed by atoms with Crippen molar-refractivity contribution in [2.45, 2.75) is 25.9 Å². The van der Waals surface area contributed by atoms with E-state index in [0.29, 0.717) is 16.7 Å². The fourth-order valence-electron chi connectivity index (χ4n) is 2.75. The molecule has 4 N–H and O–H groups in total. The summed E-state index contributed by atoms with van der Waals surface area (Å²) in [6, 6.07) is 7.20. The topological polar surface area (TPSA) is 89.8 Å². The summed E-state index contributed by atoms with van der Waals surface area (Å²) >= 11 is 0. The molecule has 0 aliphatic rings.